The Hall–Kier alpha value is 0. The van der Waals surface area contributed by atoms with Gasteiger partial charge in [-0.05, 0) is 0 Å². The second-order valence-corrected chi connectivity index (χ2v) is 3.18. The molecule has 0 atom stereocenters. The maximum absolute atomic E-state index is 2.00. The second-order valence-electron chi connectivity index (χ2n) is 3.18. The second kappa shape index (κ2) is 17.9. The molecular weight excluding hydrogens is 156 g/mol. The van der Waals surface area contributed by atoms with Gasteiger partial charge in [0.25, 0.3) is 0 Å². The van der Waals surface area contributed by atoms with Crippen molar-refractivity contribution in [2.75, 3.05) is 0 Å². The van der Waals surface area contributed by atoms with Gasteiger partial charge < -0.3 is 0 Å². The Morgan fingerprint density at radius 2 is 0.385 bits per heavy atom. The average Bonchev–Trinajstić information content (AvgIpc) is 3.14. The summed E-state index contributed by atoms with van der Waals surface area (Å²) in [6.45, 7) is 8.00. The summed E-state index contributed by atoms with van der Waals surface area (Å²) in [5.41, 5.74) is 0. The van der Waals surface area contributed by atoms with Gasteiger partial charge in [0.1, 0.15) is 0 Å². The van der Waals surface area contributed by atoms with E-state index in [4.69, 9.17) is 0 Å². The highest BCUT2D eigenvalue weighted by Crippen LogP contribution is 2.15. The SMILES string of the molecule is C1CC1.C1CCCCC1.CC.CC. The van der Waals surface area contributed by atoms with E-state index in [9.17, 15) is 0 Å². The maximum atomic E-state index is 2.00. The third-order valence-corrected chi connectivity index (χ3v) is 1.85. The van der Waals surface area contributed by atoms with Crippen molar-refractivity contribution < 1.29 is 0 Å². The van der Waals surface area contributed by atoms with Crippen molar-refractivity contribution >= 4 is 0 Å². The lowest BCUT2D eigenvalue weighted by Gasteiger charge is -2.05. The molecule has 2 aliphatic carbocycles. The molecular formula is C13H30. The van der Waals surface area contributed by atoms with Crippen LogP contribution in [0.15, 0.2) is 0 Å². The Labute approximate surface area is 86.1 Å². The molecule has 0 spiro atoms. The Kier molecular flexibility index (Phi) is 21.3. The fourth-order valence-electron chi connectivity index (χ4n) is 1.06. The van der Waals surface area contributed by atoms with Crippen LogP contribution >= 0.6 is 0 Å². The zero-order chi connectivity index (χ0) is 10.4. The van der Waals surface area contributed by atoms with E-state index < -0.39 is 0 Å². The maximum Gasteiger partial charge on any atom is -0.0533 e. The van der Waals surface area contributed by atoms with Crippen LogP contribution in [0, 0.1) is 0 Å². The fraction of sp³-hybridized carbons (Fsp3) is 1.00. The topological polar surface area (TPSA) is 0 Å². The molecule has 0 bridgehead atoms. The minimum absolute atomic E-state index is 1.50. The Morgan fingerprint density at radius 3 is 0.462 bits per heavy atom. The van der Waals surface area contributed by atoms with Crippen LogP contribution in [-0.2, 0) is 0 Å². The van der Waals surface area contributed by atoms with Gasteiger partial charge in [-0.25, -0.2) is 0 Å². The van der Waals surface area contributed by atoms with Crippen LogP contribution < -0.4 is 0 Å². The molecule has 0 unspecified atom stereocenters. The number of hydrogen-bond acceptors (Lipinski definition) is 0. The van der Waals surface area contributed by atoms with Gasteiger partial charge in [-0.2, -0.15) is 0 Å². The Balaban J connectivity index is 0. The molecule has 0 radical (unpaired) electrons. The van der Waals surface area contributed by atoms with Crippen LogP contribution in [-0.4, -0.2) is 0 Å². The van der Waals surface area contributed by atoms with Gasteiger partial charge in [-0.3, -0.25) is 0 Å². The zero-order valence-electron chi connectivity index (χ0n) is 10.4. The summed E-state index contributed by atoms with van der Waals surface area (Å²) < 4.78 is 0. The molecule has 0 aromatic carbocycles. The summed E-state index contributed by atoms with van der Waals surface area (Å²) in [4.78, 5) is 0. The van der Waals surface area contributed by atoms with Crippen molar-refractivity contribution in [1.29, 1.82) is 0 Å². The summed E-state index contributed by atoms with van der Waals surface area (Å²) in [6.07, 6.45) is 13.5. The van der Waals surface area contributed by atoms with Crippen LogP contribution in [0.3, 0.4) is 0 Å². The first kappa shape index (κ1) is 15.5. The molecule has 13 heavy (non-hydrogen) atoms. The minimum atomic E-state index is 1.50. The lowest BCUT2D eigenvalue weighted by molar-refractivity contribution is 0.504. The highest BCUT2D eigenvalue weighted by molar-refractivity contribution is 4.51. The lowest BCUT2D eigenvalue weighted by atomic mass is 10.0. The van der Waals surface area contributed by atoms with Crippen molar-refractivity contribution in [3.05, 3.63) is 0 Å². The number of hydrogen-bond donors (Lipinski definition) is 0. The molecule has 0 amide bonds. The monoisotopic (exact) mass is 186 g/mol. The van der Waals surface area contributed by atoms with Gasteiger partial charge in [-0.1, -0.05) is 85.5 Å². The molecule has 0 saturated heterocycles. The number of rotatable bonds is 0. The van der Waals surface area contributed by atoms with E-state index in [0.29, 0.717) is 0 Å². The zero-order valence-corrected chi connectivity index (χ0v) is 10.4. The predicted molar refractivity (Wildman–Crippen MR) is 64.2 cm³/mol. The first-order chi connectivity index (χ1) is 6.50. The standard InChI is InChI=1S/C6H12.C3H6.2C2H6/c1-2-4-6-5-3-1;1-2-3-1;2*1-2/h1-6H2;1-3H2;2*1-2H3. The quantitative estimate of drug-likeness (QED) is 0.464. The molecule has 0 aromatic rings. The highest BCUT2D eigenvalue weighted by Gasteiger charge is 1.95. The summed E-state index contributed by atoms with van der Waals surface area (Å²) in [7, 11) is 0. The molecule has 0 aromatic heterocycles. The van der Waals surface area contributed by atoms with Crippen LogP contribution in [0.25, 0.3) is 0 Å². The van der Waals surface area contributed by atoms with Gasteiger partial charge in [0.2, 0.25) is 0 Å². The molecule has 2 aliphatic rings. The van der Waals surface area contributed by atoms with Crippen molar-refractivity contribution in [1.82, 2.24) is 0 Å². The normalized spacial score (nSPS) is 17.5. The molecule has 2 fully saturated rings. The molecule has 0 nitrogen and oxygen atoms in total. The predicted octanol–water partition coefficient (Wildman–Crippen LogP) is 5.56. The van der Waals surface area contributed by atoms with E-state index in [1.165, 1.54) is 57.8 Å². The van der Waals surface area contributed by atoms with Crippen molar-refractivity contribution in [3.63, 3.8) is 0 Å². The van der Waals surface area contributed by atoms with Crippen LogP contribution in [0.4, 0.5) is 0 Å². The largest absolute Gasteiger partial charge is 0.0683 e. The van der Waals surface area contributed by atoms with Gasteiger partial charge >= 0.3 is 0 Å². The fourth-order valence-corrected chi connectivity index (χ4v) is 1.06. The van der Waals surface area contributed by atoms with E-state index >= 15 is 0 Å². The van der Waals surface area contributed by atoms with E-state index in [2.05, 4.69) is 0 Å². The highest BCUT2D eigenvalue weighted by atomic mass is 14.0. The molecule has 0 heteroatoms. The lowest BCUT2D eigenvalue weighted by Crippen LogP contribution is -1.85. The first-order valence-electron chi connectivity index (χ1n) is 6.50. The van der Waals surface area contributed by atoms with Crippen molar-refractivity contribution in [2.45, 2.75) is 85.5 Å². The molecule has 82 valence electrons. The van der Waals surface area contributed by atoms with Gasteiger partial charge in [0.05, 0.1) is 0 Å². The first-order valence-corrected chi connectivity index (χ1v) is 6.50. The van der Waals surface area contributed by atoms with Gasteiger partial charge in [-0.15, -0.1) is 0 Å². The van der Waals surface area contributed by atoms with Crippen molar-refractivity contribution in [3.8, 4) is 0 Å². The molecule has 0 heterocycles. The smallest absolute Gasteiger partial charge is 0.0533 e. The van der Waals surface area contributed by atoms with Gasteiger partial charge in [0.15, 0.2) is 0 Å². The van der Waals surface area contributed by atoms with Crippen LogP contribution in [0.5, 0.6) is 0 Å². The van der Waals surface area contributed by atoms with Gasteiger partial charge in [0, 0.05) is 0 Å². The molecule has 0 aliphatic heterocycles. The summed E-state index contributed by atoms with van der Waals surface area (Å²) in [5, 5.41) is 0. The molecule has 0 N–H and O–H groups in total. The summed E-state index contributed by atoms with van der Waals surface area (Å²) >= 11 is 0. The summed E-state index contributed by atoms with van der Waals surface area (Å²) in [5.74, 6) is 0. The van der Waals surface area contributed by atoms with E-state index in [0.717, 1.165) is 0 Å². The van der Waals surface area contributed by atoms with E-state index in [1.807, 2.05) is 27.7 Å². The molecule has 2 saturated carbocycles. The third kappa shape index (κ3) is 24.5. The van der Waals surface area contributed by atoms with Crippen LogP contribution in [0.2, 0.25) is 0 Å². The average molecular weight is 186 g/mol. The van der Waals surface area contributed by atoms with Crippen molar-refractivity contribution in [2.24, 2.45) is 0 Å². The molecule has 2 rings (SSSR count). The Bertz CT molecular complexity index is 36.8. The summed E-state index contributed by atoms with van der Waals surface area (Å²) in [6, 6.07) is 0. The third-order valence-electron chi connectivity index (χ3n) is 1.85. The van der Waals surface area contributed by atoms with E-state index in [-0.39, 0.29) is 0 Å². The van der Waals surface area contributed by atoms with E-state index in [1.54, 1.807) is 0 Å². The minimum Gasteiger partial charge on any atom is -0.0683 e. The van der Waals surface area contributed by atoms with Crippen LogP contribution in [0.1, 0.15) is 85.5 Å². The Morgan fingerprint density at radius 1 is 0.308 bits per heavy atom.